The summed E-state index contributed by atoms with van der Waals surface area (Å²) in [4.78, 5) is 11.9. The number of nitrogens with one attached hydrogen (secondary N) is 1. The predicted octanol–water partition coefficient (Wildman–Crippen LogP) is 2.13. The van der Waals surface area contributed by atoms with Crippen molar-refractivity contribution in [1.29, 1.82) is 0 Å². The van der Waals surface area contributed by atoms with Gasteiger partial charge in [0.05, 0.1) is 6.61 Å². The van der Waals surface area contributed by atoms with Crippen molar-refractivity contribution >= 4 is 17.5 Å². The zero-order valence-electron chi connectivity index (χ0n) is 9.33. The second-order valence-corrected chi connectivity index (χ2v) is 4.36. The molecule has 0 aromatic carbocycles. The first-order valence-electron chi connectivity index (χ1n) is 4.73. The van der Waals surface area contributed by atoms with E-state index in [-0.39, 0.29) is 16.8 Å². The van der Waals surface area contributed by atoms with Crippen LogP contribution in [-0.4, -0.2) is 27.1 Å². The van der Waals surface area contributed by atoms with Gasteiger partial charge in [0.1, 0.15) is 0 Å². The molecule has 1 aromatic rings. The number of aromatic nitrogens is 3. The molecule has 0 radical (unpaired) electrons. The molecule has 5 nitrogen and oxygen atoms in total. The summed E-state index contributed by atoms with van der Waals surface area (Å²) >= 11 is 5.73. The molecule has 0 aliphatic heterocycles. The van der Waals surface area contributed by atoms with E-state index in [1.807, 2.05) is 27.7 Å². The normalized spacial score (nSPS) is 11.3. The Bertz CT molecular complexity index is 337. The van der Waals surface area contributed by atoms with Gasteiger partial charge in [-0.05, 0) is 39.3 Å². The Balaban J connectivity index is 2.88. The van der Waals surface area contributed by atoms with E-state index in [1.165, 1.54) is 0 Å². The molecule has 6 heteroatoms. The second kappa shape index (κ2) is 4.61. The lowest BCUT2D eigenvalue weighted by molar-refractivity contribution is 0.311. The molecule has 0 aliphatic rings. The number of nitrogens with zero attached hydrogens (tertiary/aromatic N) is 3. The summed E-state index contributed by atoms with van der Waals surface area (Å²) < 4.78 is 5.16. The average molecular weight is 231 g/mol. The van der Waals surface area contributed by atoms with Gasteiger partial charge in [0, 0.05) is 5.54 Å². The lowest BCUT2D eigenvalue weighted by Gasteiger charge is -2.20. The van der Waals surface area contributed by atoms with Gasteiger partial charge >= 0.3 is 6.01 Å². The van der Waals surface area contributed by atoms with Gasteiger partial charge in [0.25, 0.3) is 0 Å². The minimum absolute atomic E-state index is 0.125. The van der Waals surface area contributed by atoms with E-state index in [0.29, 0.717) is 12.6 Å². The van der Waals surface area contributed by atoms with E-state index < -0.39 is 0 Å². The van der Waals surface area contributed by atoms with Crippen molar-refractivity contribution in [3.63, 3.8) is 0 Å². The first-order valence-corrected chi connectivity index (χ1v) is 5.11. The predicted molar refractivity (Wildman–Crippen MR) is 59.4 cm³/mol. The van der Waals surface area contributed by atoms with Gasteiger partial charge in [-0.3, -0.25) is 0 Å². The van der Waals surface area contributed by atoms with Crippen molar-refractivity contribution in [2.24, 2.45) is 0 Å². The van der Waals surface area contributed by atoms with Crippen molar-refractivity contribution in [2.75, 3.05) is 11.9 Å². The molecule has 1 N–H and O–H groups in total. The van der Waals surface area contributed by atoms with Crippen LogP contribution in [0.25, 0.3) is 0 Å². The maximum absolute atomic E-state index is 5.73. The van der Waals surface area contributed by atoms with Crippen molar-refractivity contribution in [3.8, 4) is 6.01 Å². The van der Waals surface area contributed by atoms with Crippen LogP contribution >= 0.6 is 11.6 Å². The number of hydrogen-bond acceptors (Lipinski definition) is 5. The SMILES string of the molecule is CCOc1nc(Cl)nc(NC(C)(C)C)n1. The van der Waals surface area contributed by atoms with Gasteiger partial charge in [-0.2, -0.15) is 15.0 Å². The lowest BCUT2D eigenvalue weighted by Crippen LogP contribution is -2.27. The zero-order chi connectivity index (χ0) is 11.5. The summed E-state index contributed by atoms with van der Waals surface area (Å²) in [6.07, 6.45) is 0. The molecule has 0 saturated carbocycles. The fourth-order valence-electron chi connectivity index (χ4n) is 0.917. The fraction of sp³-hybridized carbons (Fsp3) is 0.667. The Hall–Kier alpha value is -1.10. The highest BCUT2D eigenvalue weighted by Gasteiger charge is 2.13. The number of anilines is 1. The van der Waals surface area contributed by atoms with Crippen LogP contribution in [-0.2, 0) is 0 Å². The van der Waals surface area contributed by atoms with Crippen LogP contribution in [0, 0.1) is 0 Å². The molecule has 15 heavy (non-hydrogen) atoms. The number of halogens is 1. The van der Waals surface area contributed by atoms with Crippen LogP contribution in [0.2, 0.25) is 5.28 Å². The van der Waals surface area contributed by atoms with Gasteiger partial charge in [0.15, 0.2) is 0 Å². The van der Waals surface area contributed by atoms with Crippen molar-refractivity contribution in [2.45, 2.75) is 33.2 Å². The highest BCUT2D eigenvalue weighted by atomic mass is 35.5. The third-order valence-corrected chi connectivity index (χ3v) is 1.52. The Kier molecular flexibility index (Phi) is 3.68. The monoisotopic (exact) mass is 230 g/mol. The summed E-state index contributed by atoms with van der Waals surface area (Å²) in [6.45, 7) is 8.37. The average Bonchev–Trinajstić information content (AvgIpc) is 1.99. The van der Waals surface area contributed by atoms with E-state index in [0.717, 1.165) is 0 Å². The Morgan fingerprint density at radius 2 is 1.93 bits per heavy atom. The van der Waals surface area contributed by atoms with Crippen molar-refractivity contribution in [3.05, 3.63) is 5.28 Å². The number of rotatable bonds is 3. The molecule has 84 valence electrons. The van der Waals surface area contributed by atoms with Crippen LogP contribution in [0.3, 0.4) is 0 Å². The maximum Gasteiger partial charge on any atom is 0.322 e. The van der Waals surface area contributed by atoms with E-state index in [4.69, 9.17) is 16.3 Å². The summed E-state index contributed by atoms with van der Waals surface area (Å²) in [6, 6.07) is 0.240. The summed E-state index contributed by atoms with van der Waals surface area (Å²) in [5.74, 6) is 0.422. The molecule has 0 atom stereocenters. The summed E-state index contributed by atoms with van der Waals surface area (Å²) in [5.41, 5.74) is -0.131. The van der Waals surface area contributed by atoms with Gasteiger partial charge in [-0.15, -0.1) is 0 Å². The summed E-state index contributed by atoms with van der Waals surface area (Å²) in [5, 5.41) is 3.22. The smallest absolute Gasteiger partial charge is 0.322 e. The fourth-order valence-corrected chi connectivity index (χ4v) is 1.07. The molecule has 1 rings (SSSR count). The Labute approximate surface area is 94.2 Å². The van der Waals surface area contributed by atoms with E-state index in [1.54, 1.807) is 0 Å². The quantitative estimate of drug-likeness (QED) is 0.862. The number of ether oxygens (including phenoxy) is 1. The first kappa shape index (κ1) is 12.0. The van der Waals surface area contributed by atoms with Crippen LogP contribution in [0.5, 0.6) is 6.01 Å². The number of hydrogen-bond donors (Lipinski definition) is 1. The first-order chi connectivity index (χ1) is 6.90. The molecule has 0 fully saturated rings. The molecular weight excluding hydrogens is 216 g/mol. The van der Waals surface area contributed by atoms with E-state index >= 15 is 0 Å². The minimum Gasteiger partial charge on any atom is -0.464 e. The topological polar surface area (TPSA) is 59.9 Å². The molecule has 0 saturated heterocycles. The van der Waals surface area contributed by atoms with Gasteiger partial charge < -0.3 is 10.1 Å². The third-order valence-electron chi connectivity index (χ3n) is 1.35. The van der Waals surface area contributed by atoms with Gasteiger partial charge in [0.2, 0.25) is 11.2 Å². The minimum atomic E-state index is -0.131. The largest absolute Gasteiger partial charge is 0.464 e. The van der Waals surface area contributed by atoms with Crippen LogP contribution in [0.15, 0.2) is 0 Å². The van der Waals surface area contributed by atoms with Crippen LogP contribution in [0.1, 0.15) is 27.7 Å². The van der Waals surface area contributed by atoms with Crippen LogP contribution < -0.4 is 10.1 Å². The van der Waals surface area contributed by atoms with Crippen molar-refractivity contribution in [1.82, 2.24) is 15.0 Å². The van der Waals surface area contributed by atoms with Crippen molar-refractivity contribution < 1.29 is 4.74 Å². The molecule has 0 unspecified atom stereocenters. The van der Waals surface area contributed by atoms with Crippen LogP contribution in [0.4, 0.5) is 5.95 Å². The molecular formula is C9H15ClN4O. The third kappa shape index (κ3) is 4.29. The lowest BCUT2D eigenvalue weighted by atomic mass is 10.1. The molecule has 0 spiro atoms. The second-order valence-electron chi connectivity index (χ2n) is 4.02. The van der Waals surface area contributed by atoms with Gasteiger partial charge in [-0.25, -0.2) is 0 Å². The van der Waals surface area contributed by atoms with Gasteiger partial charge in [-0.1, -0.05) is 0 Å². The Morgan fingerprint density at radius 1 is 1.27 bits per heavy atom. The highest BCUT2D eigenvalue weighted by molar-refractivity contribution is 6.28. The Morgan fingerprint density at radius 3 is 2.47 bits per heavy atom. The maximum atomic E-state index is 5.73. The molecule has 1 aromatic heterocycles. The molecule has 0 bridgehead atoms. The molecule has 0 aliphatic carbocycles. The van der Waals surface area contributed by atoms with E-state index in [2.05, 4.69) is 20.3 Å². The highest BCUT2D eigenvalue weighted by Crippen LogP contribution is 2.15. The summed E-state index contributed by atoms with van der Waals surface area (Å²) in [7, 11) is 0. The zero-order valence-corrected chi connectivity index (χ0v) is 10.1. The standard InChI is InChI=1S/C9H15ClN4O/c1-5-15-8-12-6(10)11-7(13-8)14-9(2,3)4/h5H2,1-4H3,(H,11,12,13,14). The molecule has 1 heterocycles. The van der Waals surface area contributed by atoms with E-state index in [9.17, 15) is 0 Å². The molecule has 0 amide bonds.